The largest absolute Gasteiger partial charge is 0.323 e. The molecule has 0 saturated heterocycles. The summed E-state index contributed by atoms with van der Waals surface area (Å²) < 4.78 is 0. The van der Waals surface area contributed by atoms with E-state index in [9.17, 15) is 0 Å². The summed E-state index contributed by atoms with van der Waals surface area (Å²) in [4.78, 5) is 4.71. The number of anilines is 1. The highest BCUT2D eigenvalue weighted by Gasteiger charge is 2.10. The number of aryl methyl sites for hydroxylation is 2. The molecule has 2 aromatic rings. The highest BCUT2D eigenvalue weighted by molar-refractivity contribution is 5.93. The monoisotopic (exact) mass is 243 g/mol. The third-order valence-electron chi connectivity index (χ3n) is 3.41. The molecule has 0 unspecified atom stereocenters. The van der Waals surface area contributed by atoms with E-state index in [2.05, 4.69) is 44.4 Å². The van der Waals surface area contributed by atoms with Crippen molar-refractivity contribution in [2.24, 2.45) is 5.84 Å². The Bertz CT molecular complexity index is 561. The Morgan fingerprint density at radius 1 is 1.28 bits per heavy atom. The molecule has 3 nitrogen and oxygen atoms in total. The first-order valence-electron chi connectivity index (χ1n) is 6.60. The van der Waals surface area contributed by atoms with Crippen LogP contribution in [-0.2, 0) is 12.8 Å². The standard InChI is InChI=1S/C15H21N3/c1-4-6-11-7-8-14-12(9-11)15(18-16)10(3)13(5-2)17-14/h7-9H,4-6,16H2,1-3H3,(H,17,18). The van der Waals surface area contributed by atoms with Crippen molar-refractivity contribution < 1.29 is 0 Å². The molecule has 2 rings (SSSR count). The van der Waals surface area contributed by atoms with Gasteiger partial charge in [0.05, 0.1) is 11.2 Å². The Hall–Kier alpha value is -1.61. The van der Waals surface area contributed by atoms with Crippen molar-refractivity contribution in [2.75, 3.05) is 5.43 Å². The summed E-state index contributed by atoms with van der Waals surface area (Å²) in [6.45, 7) is 6.38. The summed E-state index contributed by atoms with van der Waals surface area (Å²) in [6, 6.07) is 6.46. The van der Waals surface area contributed by atoms with Gasteiger partial charge in [0.2, 0.25) is 0 Å². The van der Waals surface area contributed by atoms with Gasteiger partial charge in [-0.2, -0.15) is 0 Å². The molecule has 0 aliphatic rings. The number of nitrogen functional groups attached to an aromatic ring is 1. The number of rotatable bonds is 4. The van der Waals surface area contributed by atoms with Gasteiger partial charge in [0.1, 0.15) is 0 Å². The molecule has 0 amide bonds. The fraction of sp³-hybridized carbons (Fsp3) is 0.400. The van der Waals surface area contributed by atoms with E-state index in [4.69, 9.17) is 10.8 Å². The van der Waals surface area contributed by atoms with Crippen LogP contribution >= 0.6 is 0 Å². The number of fused-ring (bicyclic) bond motifs is 1. The molecule has 1 aromatic heterocycles. The molecule has 0 fully saturated rings. The smallest absolute Gasteiger partial charge is 0.0726 e. The van der Waals surface area contributed by atoms with Crippen LogP contribution in [0.1, 0.15) is 37.1 Å². The predicted octanol–water partition coefficient (Wildman–Crippen LogP) is 3.34. The molecular formula is C15H21N3. The fourth-order valence-electron chi connectivity index (χ4n) is 2.43. The van der Waals surface area contributed by atoms with E-state index >= 15 is 0 Å². The van der Waals surface area contributed by atoms with Crippen LogP contribution in [0.4, 0.5) is 5.69 Å². The van der Waals surface area contributed by atoms with E-state index in [0.29, 0.717) is 0 Å². The molecule has 0 atom stereocenters. The van der Waals surface area contributed by atoms with Crippen LogP contribution in [0, 0.1) is 6.92 Å². The van der Waals surface area contributed by atoms with Crippen LogP contribution in [0.15, 0.2) is 18.2 Å². The lowest BCUT2D eigenvalue weighted by molar-refractivity contribution is 0.923. The predicted molar refractivity (Wildman–Crippen MR) is 77.7 cm³/mol. The second kappa shape index (κ2) is 5.36. The van der Waals surface area contributed by atoms with Gasteiger partial charge in [-0.1, -0.05) is 26.3 Å². The highest BCUT2D eigenvalue weighted by atomic mass is 15.2. The second-order valence-corrected chi connectivity index (χ2v) is 4.66. The minimum absolute atomic E-state index is 0.924. The van der Waals surface area contributed by atoms with Gasteiger partial charge in [0, 0.05) is 11.1 Å². The Balaban J connectivity index is 2.69. The maximum atomic E-state index is 5.69. The lowest BCUT2D eigenvalue weighted by Gasteiger charge is -2.13. The molecule has 0 radical (unpaired) electrons. The lowest BCUT2D eigenvalue weighted by atomic mass is 10.0. The molecule has 3 heteroatoms. The molecule has 0 bridgehead atoms. The number of aromatic nitrogens is 1. The molecular weight excluding hydrogens is 222 g/mol. The van der Waals surface area contributed by atoms with Crippen molar-refractivity contribution >= 4 is 16.6 Å². The van der Waals surface area contributed by atoms with Crippen molar-refractivity contribution in [3.05, 3.63) is 35.0 Å². The van der Waals surface area contributed by atoms with E-state index in [1.165, 1.54) is 5.56 Å². The van der Waals surface area contributed by atoms with Crippen LogP contribution in [0.5, 0.6) is 0 Å². The number of nitrogens with two attached hydrogens (primary N) is 1. The summed E-state index contributed by atoms with van der Waals surface area (Å²) in [7, 11) is 0. The third-order valence-corrected chi connectivity index (χ3v) is 3.41. The summed E-state index contributed by atoms with van der Waals surface area (Å²) in [5, 5.41) is 1.12. The number of benzene rings is 1. The molecule has 96 valence electrons. The van der Waals surface area contributed by atoms with E-state index < -0.39 is 0 Å². The Labute approximate surface area is 108 Å². The molecule has 3 N–H and O–H groups in total. The number of nitrogens with one attached hydrogen (secondary N) is 1. The molecule has 0 saturated carbocycles. The van der Waals surface area contributed by atoms with Gasteiger partial charge in [-0.3, -0.25) is 10.8 Å². The van der Waals surface area contributed by atoms with Crippen LogP contribution < -0.4 is 11.3 Å². The van der Waals surface area contributed by atoms with E-state index in [-0.39, 0.29) is 0 Å². The minimum Gasteiger partial charge on any atom is -0.323 e. The third kappa shape index (κ3) is 2.18. The summed E-state index contributed by atoms with van der Waals surface area (Å²) >= 11 is 0. The molecule has 1 heterocycles. The average Bonchev–Trinajstić information content (AvgIpc) is 2.38. The SMILES string of the molecule is CCCc1ccc2nc(CC)c(C)c(NN)c2c1. The van der Waals surface area contributed by atoms with Gasteiger partial charge in [0.25, 0.3) is 0 Å². The van der Waals surface area contributed by atoms with Crippen molar-refractivity contribution in [3.8, 4) is 0 Å². The Morgan fingerprint density at radius 2 is 2.06 bits per heavy atom. The van der Waals surface area contributed by atoms with Gasteiger partial charge in [-0.15, -0.1) is 0 Å². The number of pyridine rings is 1. The maximum absolute atomic E-state index is 5.69. The van der Waals surface area contributed by atoms with Crippen molar-refractivity contribution in [3.63, 3.8) is 0 Å². The van der Waals surface area contributed by atoms with Crippen LogP contribution in [0.2, 0.25) is 0 Å². The number of nitrogens with zero attached hydrogens (tertiary/aromatic N) is 1. The lowest BCUT2D eigenvalue weighted by Crippen LogP contribution is -2.11. The quantitative estimate of drug-likeness (QED) is 0.639. The van der Waals surface area contributed by atoms with Crippen LogP contribution in [0.25, 0.3) is 10.9 Å². The topological polar surface area (TPSA) is 50.9 Å². The summed E-state index contributed by atoms with van der Waals surface area (Å²) in [6.07, 6.45) is 3.16. The summed E-state index contributed by atoms with van der Waals surface area (Å²) in [5.41, 5.74) is 8.47. The fourth-order valence-corrected chi connectivity index (χ4v) is 2.43. The Morgan fingerprint density at radius 3 is 2.67 bits per heavy atom. The number of hydrazine groups is 1. The van der Waals surface area contributed by atoms with Crippen molar-refractivity contribution in [2.45, 2.75) is 40.0 Å². The number of hydrogen-bond acceptors (Lipinski definition) is 3. The molecule has 18 heavy (non-hydrogen) atoms. The number of hydrogen-bond donors (Lipinski definition) is 2. The van der Waals surface area contributed by atoms with Gasteiger partial charge in [-0.25, -0.2) is 0 Å². The summed E-state index contributed by atoms with van der Waals surface area (Å²) in [5.74, 6) is 5.69. The van der Waals surface area contributed by atoms with Gasteiger partial charge >= 0.3 is 0 Å². The van der Waals surface area contributed by atoms with Gasteiger partial charge in [-0.05, 0) is 43.0 Å². The zero-order valence-electron chi connectivity index (χ0n) is 11.4. The van der Waals surface area contributed by atoms with E-state index in [1.54, 1.807) is 0 Å². The average molecular weight is 243 g/mol. The second-order valence-electron chi connectivity index (χ2n) is 4.66. The first kappa shape index (κ1) is 12.8. The Kier molecular flexibility index (Phi) is 3.82. The zero-order valence-corrected chi connectivity index (χ0v) is 11.4. The highest BCUT2D eigenvalue weighted by Crippen LogP contribution is 2.28. The first-order valence-corrected chi connectivity index (χ1v) is 6.60. The molecule has 0 spiro atoms. The van der Waals surface area contributed by atoms with Gasteiger partial charge < -0.3 is 5.43 Å². The van der Waals surface area contributed by atoms with Crippen LogP contribution in [-0.4, -0.2) is 4.98 Å². The first-order chi connectivity index (χ1) is 8.71. The van der Waals surface area contributed by atoms with E-state index in [0.717, 1.165) is 47.1 Å². The molecule has 0 aliphatic heterocycles. The van der Waals surface area contributed by atoms with Crippen molar-refractivity contribution in [1.29, 1.82) is 0 Å². The van der Waals surface area contributed by atoms with Crippen molar-refractivity contribution in [1.82, 2.24) is 4.98 Å². The molecule has 0 aliphatic carbocycles. The minimum atomic E-state index is 0.924. The molecule has 1 aromatic carbocycles. The normalized spacial score (nSPS) is 10.9. The van der Waals surface area contributed by atoms with Gasteiger partial charge in [0.15, 0.2) is 0 Å². The van der Waals surface area contributed by atoms with E-state index in [1.807, 2.05) is 0 Å². The van der Waals surface area contributed by atoms with Crippen LogP contribution in [0.3, 0.4) is 0 Å². The maximum Gasteiger partial charge on any atom is 0.0726 e. The zero-order chi connectivity index (χ0) is 13.1.